The van der Waals surface area contributed by atoms with Gasteiger partial charge in [-0.2, -0.15) is 0 Å². The summed E-state index contributed by atoms with van der Waals surface area (Å²) in [5, 5.41) is 3.43. The van der Waals surface area contributed by atoms with Gasteiger partial charge in [-0.15, -0.1) is 0 Å². The second-order valence-corrected chi connectivity index (χ2v) is 3.70. The van der Waals surface area contributed by atoms with Gasteiger partial charge in [-0.1, -0.05) is 25.5 Å². The van der Waals surface area contributed by atoms with E-state index in [1.807, 2.05) is 12.1 Å². The minimum absolute atomic E-state index is 0.928. The van der Waals surface area contributed by atoms with Crippen LogP contribution in [-0.4, -0.2) is 20.2 Å². The Labute approximate surface area is 92.6 Å². The van der Waals surface area contributed by atoms with Gasteiger partial charge in [0.1, 0.15) is 5.75 Å². The maximum atomic E-state index is 5.11. The quantitative estimate of drug-likeness (QED) is 0.694. The zero-order valence-corrected chi connectivity index (χ0v) is 9.75. The Morgan fingerprint density at radius 3 is 2.47 bits per heavy atom. The van der Waals surface area contributed by atoms with Crippen LogP contribution in [0.5, 0.6) is 5.75 Å². The van der Waals surface area contributed by atoms with Gasteiger partial charge in [-0.3, -0.25) is 0 Å². The van der Waals surface area contributed by atoms with Gasteiger partial charge in [0.05, 0.1) is 7.11 Å². The maximum Gasteiger partial charge on any atom is 0.118 e. The molecule has 0 aliphatic carbocycles. The fraction of sp³-hybridized carbons (Fsp3) is 0.538. The summed E-state index contributed by atoms with van der Waals surface area (Å²) in [7, 11) is 1.70. The highest BCUT2D eigenvalue weighted by Crippen LogP contribution is 2.11. The normalized spacial score (nSPS) is 10.3. The van der Waals surface area contributed by atoms with E-state index in [0.717, 1.165) is 25.3 Å². The van der Waals surface area contributed by atoms with E-state index in [1.165, 1.54) is 18.4 Å². The van der Waals surface area contributed by atoms with Crippen molar-refractivity contribution < 1.29 is 4.74 Å². The number of methoxy groups -OCH3 is 1. The zero-order valence-electron chi connectivity index (χ0n) is 9.75. The van der Waals surface area contributed by atoms with Gasteiger partial charge in [-0.05, 0) is 43.6 Å². The van der Waals surface area contributed by atoms with Crippen LogP contribution in [0.3, 0.4) is 0 Å². The van der Waals surface area contributed by atoms with Crippen LogP contribution >= 0.6 is 0 Å². The van der Waals surface area contributed by atoms with Crippen LogP contribution in [0.25, 0.3) is 0 Å². The molecule has 1 aromatic carbocycles. The third-order valence-corrected chi connectivity index (χ3v) is 2.46. The first kappa shape index (κ1) is 12.1. The molecule has 0 radical (unpaired) electrons. The van der Waals surface area contributed by atoms with Gasteiger partial charge < -0.3 is 10.1 Å². The zero-order chi connectivity index (χ0) is 10.9. The first-order valence-electron chi connectivity index (χ1n) is 5.70. The van der Waals surface area contributed by atoms with E-state index in [2.05, 4.69) is 24.4 Å². The molecule has 0 heterocycles. The molecule has 0 aliphatic heterocycles. The predicted octanol–water partition coefficient (Wildman–Crippen LogP) is 2.63. The Morgan fingerprint density at radius 1 is 1.13 bits per heavy atom. The van der Waals surface area contributed by atoms with Gasteiger partial charge in [0.2, 0.25) is 0 Å². The summed E-state index contributed by atoms with van der Waals surface area (Å²) in [5.41, 5.74) is 1.36. The number of nitrogens with one attached hydrogen (secondary N) is 1. The summed E-state index contributed by atoms with van der Waals surface area (Å²) >= 11 is 0. The molecular weight excluding hydrogens is 186 g/mol. The SMILES string of the molecule is CCCCNCCc1ccc(OC)cc1. The van der Waals surface area contributed by atoms with E-state index in [4.69, 9.17) is 4.74 Å². The van der Waals surface area contributed by atoms with Gasteiger partial charge >= 0.3 is 0 Å². The molecule has 0 atom stereocenters. The molecular formula is C13H21NO. The van der Waals surface area contributed by atoms with Crippen molar-refractivity contribution in [3.63, 3.8) is 0 Å². The lowest BCUT2D eigenvalue weighted by Crippen LogP contribution is -2.18. The lowest BCUT2D eigenvalue weighted by molar-refractivity contribution is 0.414. The van der Waals surface area contributed by atoms with Gasteiger partial charge in [-0.25, -0.2) is 0 Å². The van der Waals surface area contributed by atoms with Crippen molar-refractivity contribution in [3.05, 3.63) is 29.8 Å². The molecule has 0 fully saturated rings. The monoisotopic (exact) mass is 207 g/mol. The highest BCUT2D eigenvalue weighted by atomic mass is 16.5. The van der Waals surface area contributed by atoms with Crippen LogP contribution in [0, 0.1) is 0 Å². The van der Waals surface area contributed by atoms with Crippen molar-refractivity contribution in [2.45, 2.75) is 26.2 Å². The van der Waals surface area contributed by atoms with Crippen molar-refractivity contribution >= 4 is 0 Å². The van der Waals surface area contributed by atoms with E-state index in [1.54, 1.807) is 7.11 Å². The number of hydrogen-bond donors (Lipinski definition) is 1. The molecule has 0 saturated carbocycles. The second-order valence-electron chi connectivity index (χ2n) is 3.70. The van der Waals surface area contributed by atoms with Gasteiger partial charge in [0.25, 0.3) is 0 Å². The topological polar surface area (TPSA) is 21.3 Å². The molecule has 2 heteroatoms. The van der Waals surface area contributed by atoms with Crippen molar-refractivity contribution in [2.75, 3.05) is 20.2 Å². The standard InChI is InChI=1S/C13H21NO/c1-3-4-10-14-11-9-12-5-7-13(15-2)8-6-12/h5-8,14H,3-4,9-11H2,1-2H3. The molecule has 0 unspecified atom stereocenters. The molecule has 0 aromatic heterocycles. The molecule has 0 spiro atoms. The smallest absolute Gasteiger partial charge is 0.118 e. The molecule has 0 bridgehead atoms. The summed E-state index contributed by atoms with van der Waals surface area (Å²) in [5.74, 6) is 0.928. The first-order chi connectivity index (χ1) is 7.36. The first-order valence-corrected chi connectivity index (χ1v) is 5.70. The molecule has 1 aromatic rings. The van der Waals surface area contributed by atoms with E-state index in [9.17, 15) is 0 Å². The highest BCUT2D eigenvalue weighted by molar-refractivity contribution is 5.27. The molecule has 0 amide bonds. The van der Waals surface area contributed by atoms with E-state index in [-0.39, 0.29) is 0 Å². The minimum Gasteiger partial charge on any atom is -0.497 e. The van der Waals surface area contributed by atoms with Crippen LogP contribution in [0.4, 0.5) is 0 Å². The van der Waals surface area contributed by atoms with Crippen LogP contribution in [0.2, 0.25) is 0 Å². The largest absolute Gasteiger partial charge is 0.497 e. The summed E-state index contributed by atoms with van der Waals surface area (Å²) in [6.07, 6.45) is 3.62. The summed E-state index contributed by atoms with van der Waals surface area (Å²) < 4.78 is 5.11. The molecule has 1 rings (SSSR count). The Hall–Kier alpha value is -1.02. The van der Waals surface area contributed by atoms with Crippen LogP contribution in [-0.2, 0) is 6.42 Å². The number of hydrogen-bond acceptors (Lipinski definition) is 2. The third-order valence-electron chi connectivity index (χ3n) is 2.46. The Bertz CT molecular complexity index is 256. The van der Waals surface area contributed by atoms with E-state index >= 15 is 0 Å². The number of unbranched alkanes of at least 4 members (excludes halogenated alkanes) is 1. The van der Waals surface area contributed by atoms with Crippen LogP contribution in [0.15, 0.2) is 24.3 Å². The number of ether oxygens (including phenoxy) is 1. The fourth-order valence-electron chi connectivity index (χ4n) is 1.45. The summed E-state index contributed by atoms with van der Waals surface area (Å²) in [6, 6.07) is 8.28. The maximum absolute atomic E-state index is 5.11. The summed E-state index contributed by atoms with van der Waals surface area (Å²) in [4.78, 5) is 0. The molecule has 1 N–H and O–H groups in total. The van der Waals surface area contributed by atoms with Crippen molar-refractivity contribution in [1.82, 2.24) is 5.32 Å². The predicted molar refractivity (Wildman–Crippen MR) is 64.5 cm³/mol. The molecule has 15 heavy (non-hydrogen) atoms. The summed E-state index contributed by atoms with van der Waals surface area (Å²) in [6.45, 7) is 4.41. The van der Waals surface area contributed by atoms with Gasteiger partial charge in [0, 0.05) is 0 Å². The molecule has 84 valence electrons. The third kappa shape index (κ3) is 4.84. The van der Waals surface area contributed by atoms with Crippen molar-refractivity contribution in [1.29, 1.82) is 0 Å². The Balaban J connectivity index is 2.20. The fourth-order valence-corrected chi connectivity index (χ4v) is 1.45. The molecule has 0 saturated heterocycles. The van der Waals surface area contributed by atoms with Crippen LogP contribution < -0.4 is 10.1 Å². The van der Waals surface area contributed by atoms with E-state index < -0.39 is 0 Å². The lowest BCUT2D eigenvalue weighted by atomic mass is 10.1. The Morgan fingerprint density at radius 2 is 1.87 bits per heavy atom. The van der Waals surface area contributed by atoms with Gasteiger partial charge in [0.15, 0.2) is 0 Å². The number of rotatable bonds is 7. The van der Waals surface area contributed by atoms with Crippen molar-refractivity contribution in [2.24, 2.45) is 0 Å². The second kappa shape index (κ2) is 7.30. The highest BCUT2D eigenvalue weighted by Gasteiger charge is 1.94. The van der Waals surface area contributed by atoms with Crippen molar-refractivity contribution in [3.8, 4) is 5.75 Å². The Kier molecular flexibility index (Phi) is 5.86. The molecule has 0 aliphatic rings. The molecule has 2 nitrogen and oxygen atoms in total. The minimum atomic E-state index is 0.928. The van der Waals surface area contributed by atoms with Crippen LogP contribution in [0.1, 0.15) is 25.3 Å². The average molecular weight is 207 g/mol. The van der Waals surface area contributed by atoms with E-state index in [0.29, 0.717) is 0 Å². The number of benzene rings is 1. The lowest BCUT2D eigenvalue weighted by Gasteiger charge is -2.05. The average Bonchev–Trinajstić information content (AvgIpc) is 2.30.